The van der Waals surface area contributed by atoms with Crippen LogP contribution >= 0.6 is 0 Å². The fourth-order valence-electron chi connectivity index (χ4n) is 4.18. The number of hydrogen-bond donors (Lipinski definition) is 1. The molecule has 1 atom stereocenters. The Bertz CT molecular complexity index is 735. The lowest BCUT2D eigenvalue weighted by Crippen LogP contribution is -2.27. The Kier molecular flexibility index (Phi) is 3.39. The normalized spacial score (nSPS) is 21.9. The Balaban J connectivity index is 1.66. The van der Waals surface area contributed by atoms with Gasteiger partial charge < -0.3 is 9.67 Å². The molecule has 122 valence electrons. The SMILES string of the molecule is Oc1ccc(F)c2c1-c1cncn1C2CCC1(F)CCCCC1. The summed E-state index contributed by atoms with van der Waals surface area (Å²) in [5, 5.41) is 10.1. The summed E-state index contributed by atoms with van der Waals surface area (Å²) in [7, 11) is 0. The first-order valence-electron chi connectivity index (χ1n) is 8.31. The summed E-state index contributed by atoms with van der Waals surface area (Å²) < 4.78 is 31.2. The van der Waals surface area contributed by atoms with Gasteiger partial charge in [0.05, 0.1) is 24.3 Å². The van der Waals surface area contributed by atoms with E-state index < -0.39 is 5.67 Å². The van der Waals surface area contributed by atoms with Crippen molar-refractivity contribution in [1.82, 2.24) is 9.55 Å². The summed E-state index contributed by atoms with van der Waals surface area (Å²) in [6.45, 7) is 0. The Labute approximate surface area is 134 Å². The fourth-order valence-corrected chi connectivity index (χ4v) is 4.18. The zero-order chi connectivity index (χ0) is 16.0. The lowest BCUT2D eigenvalue weighted by molar-refractivity contribution is 0.0901. The van der Waals surface area contributed by atoms with Crippen molar-refractivity contribution >= 4 is 0 Å². The highest BCUT2D eigenvalue weighted by molar-refractivity contribution is 5.75. The van der Waals surface area contributed by atoms with Gasteiger partial charge in [0.2, 0.25) is 0 Å². The number of phenolic OH excluding ortho intramolecular Hbond substituents is 1. The molecule has 0 spiro atoms. The maximum atomic E-state index is 14.9. The van der Waals surface area contributed by atoms with Gasteiger partial charge in [-0.05, 0) is 37.8 Å². The number of aromatic hydroxyl groups is 1. The van der Waals surface area contributed by atoms with Crippen molar-refractivity contribution in [3.8, 4) is 17.0 Å². The number of phenols is 1. The second kappa shape index (κ2) is 5.32. The van der Waals surface area contributed by atoms with Gasteiger partial charge in [-0.3, -0.25) is 0 Å². The van der Waals surface area contributed by atoms with Crippen molar-refractivity contribution in [2.24, 2.45) is 0 Å². The molecule has 2 heterocycles. The lowest BCUT2D eigenvalue weighted by Gasteiger charge is -2.30. The maximum Gasteiger partial charge on any atom is 0.129 e. The number of aromatic nitrogens is 2. The van der Waals surface area contributed by atoms with Crippen molar-refractivity contribution in [2.45, 2.75) is 56.7 Å². The van der Waals surface area contributed by atoms with Crippen LogP contribution in [0.4, 0.5) is 8.78 Å². The number of nitrogens with zero attached hydrogens (tertiary/aromatic N) is 2. The minimum atomic E-state index is -1.13. The highest BCUT2D eigenvalue weighted by Gasteiger charge is 2.37. The van der Waals surface area contributed by atoms with Gasteiger partial charge in [-0.1, -0.05) is 19.3 Å². The van der Waals surface area contributed by atoms with E-state index in [9.17, 15) is 13.9 Å². The van der Waals surface area contributed by atoms with E-state index in [0.29, 0.717) is 42.5 Å². The molecular formula is C18H20F2N2O. The van der Waals surface area contributed by atoms with Crippen molar-refractivity contribution in [3.05, 3.63) is 36.0 Å². The predicted molar refractivity (Wildman–Crippen MR) is 83.6 cm³/mol. The summed E-state index contributed by atoms with van der Waals surface area (Å²) >= 11 is 0. The molecular weight excluding hydrogens is 298 g/mol. The van der Waals surface area contributed by atoms with E-state index in [-0.39, 0.29) is 17.6 Å². The van der Waals surface area contributed by atoms with Crippen molar-refractivity contribution < 1.29 is 13.9 Å². The van der Waals surface area contributed by atoms with E-state index in [4.69, 9.17) is 0 Å². The van der Waals surface area contributed by atoms with Crippen LogP contribution in [0.25, 0.3) is 11.3 Å². The van der Waals surface area contributed by atoms with Crippen molar-refractivity contribution in [1.29, 1.82) is 0 Å². The van der Waals surface area contributed by atoms with E-state index >= 15 is 0 Å². The average molecular weight is 318 g/mol. The standard InChI is InChI=1S/C18H20F2N2O/c19-12-4-5-15(23)17-14-10-21-11-22(14)13(16(12)17)6-9-18(20)7-2-1-3-8-18/h4-5,10-11,13,23H,1-3,6-9H2. The highest BCUT2D eigenvalue weighted by Crippen LogP contribution is 2.48. The highest BCUT2D eigenvalue weighted by atomic mass is 19.1. The van der Waals surface area contributed by atoms with Crippen LogP contribution < -0.4 is 0 Å². The van der Waals surface area contributed by atoms with Crippen LogP contribution in [0, 0.1) is 5.82 Å². The predicted octanol–water partition coefficient (Wildman–Crippen LogP) is 4.75. The van der Waals surface area contributed by atoms with Crippen LogP contribution in [-0.4, -0.2) is 20.3 Å². The maximum absolute atomic E-state index is 14.9. The van der Waals surface area contributed by atoms with Gasteiger partial charge in [-0.15, -0.1) is 0 Å². The van der Waals surface area contributed by atoms with Crippen LogP contribution in [0.2, 0.25) is 0 Å². The smallest absolute Gasteiger partial charge is 0.129 e. The summed E-state index contributed by atoms with van der Waals surface area (Å²) in [5.74, 6) is -0.290. The Hall–Kier alpha value is -1.91. The third-order valence-electron chi connectivity index (χ3n) is 5.38. The number of imidazole rings is 1. The Morgan fingerprint density at radius 1 is 1.26 bits per heavy atom. The number of halogens is 2. The molecule has 1 aromatic carbocycles. The molecule has 23 heavy (non-hydrogen) atoms. The molecule has 1 unspecified atom stereocenters. The van der Waals surface area contributed by atoms with E-state index in [1.807, 2.05) is 4.57 Å². The topological polar surface area (TPSA) is 38.1 Å². The number of hydrogen-bond acceptors (Lipinski definition) is 2. The number of alkyl halides is 1. The summed E-state index contributed by atoms with van der Waals surface area (Å²) in [4.78, 5) is 4.11. The molecule has 0 radical (unpaired) electrons. The number of fused-ring (bicyclic) bond motifs is 3. The first kappa shape index (κ1) is 14.7. The average Bonchev–Trinajstić information content (AvgIpc) is 3.11. The Morgan fingerprint density at radius 3 is 2.83 bits per heavy atom. The van der Waals surface area contributed by atoms with Crippen molar-refractivity contribution in [3.63, 3.8) is 0 Å². The minimum Gasteiger partial charge on any atom is -0.507 e. The number of benzene rings is 1. The summed E-state index contributed by atoms with van der Waals surface area (Å²) in [5.41, 5.74) is 0.555. The molecule has 0 saturated heterocycles. The van der Waals surface area contributed by atoms with E-state index in [1.54, 1.807) is 12.5 Å². The third kappa shape index (κ3) is 2.33. The largest absolute Gasteiger partial charge is 0.507 e. The van der Waals surface area contributed by atoms with Crippen LogP contribution in [0.15, 0.2) is 24.7 Å². The lowest BCUT2D eigenvalue weighted by atomic mass is 9.81. The quantitative estimate of drug-likeness (QED) is 0.887. The molecule has 3 nitrogen and oxygen atoms in total. The van der Waals surface area contributed by atoms with Crippen LogP contribution in [-0.2, 0) is 0 Å². The molecule has 0 bridgehead atoms. The minimum absolute atomic E-state index is 0.0540. The monoisotopic (exact) mass is 318 g/mol. The molecule has 4 rings (SSSR count). The van der Waals surface area contributed by atoms with E-state index in [1.165, 1.54) is 12.1 Å². The molecule has 0 amide bonds. The number of rotatable bonds is 3. The van der Waals surface area contributed by atoms with Crippen LogP contribution in [0.3, 0.4) is 0 Å². The van der Waals surface area contributed by atoms with Crippen LogP contribution in [0.1, 0.15) is 56.6 Å². The van der Waals surface area contributed by atoms with E-state index in [2.05, 4.69) is 4.98 Å². The third-order valence-corrected chi connectivity index (χ3v) is 5.38. The molecule has 1 fully saturated rings. The molecule has 1 aliphatic carbocycles. The second-order valence-corrected chi connectivity index (χ2v) is 6.81. The fraction of sp³-hybridized carbons (Fsp3) is 0.500. The molecule has 1 aliphatic heterocycles. The summed E-state index contributed by atoms with van der Waals surface area (Å²) in [6.07, 6.45) is 8.39. The Morgan fingerprint density at radius 2 is 2.04 bits per heavy atom. The van der Waals surface area contributed by atoms with Gasteiger partial charge in [0, 0.05) is 11.1 Å². The summed E-state index contributed by atoms with van der Waals surface area (Å²) in [6, 6.07) is 2.36. The molecule has 2 aromatic rings. The van der Waals surface area contributed by atoms with Gasteiger partial charge in [0.15, 0.2) is 0 Å². The van der Waals surface area contributed by atoms with E-state index in [0.717, 1.165) is 19.3 Å². The van der Waals surface area contributed by atoms with Gasteiger partial charge in [0.1, 0.15) is 17.2 Å². The second-order valence-electron chi connectivity index (χ2n) is 6.81. The molecule has 5 heteroatoms. The van der Waals surface area contributed by atoms with Crippen LogP contribution in [0.5, 0.6) is 5.75 Å². The first-order chi connectivity index (χ1) is 11.1. The first-order valence-corrected chi connectivity index (χ1v) is 8.31. The zero-order valence-electron chi connectivity index (χ0n) is 12.9. The molecule has 1 aromatic heterocycles. The zero-order valence-corrected chi connectivity index (χ0v) is 12.9. The molecule has 1 N–H and O–H groups in total. The van der Waals surface area contributed by atoms with Gasteiger partial charge in [-0.2, -0.15) is 0 Å². The van der Waals surface area contributed by atoms with Gasteiger partial charge in [0.25, 0.3) is 0 Å². The van der Waals surface area contributed by atoms with Gasteiger partial charge in [-0.25, -0.2) is 13.8 Å². The molecule has 1 saturated carbocycles. The van der Waals surface area contributed by atoms with Crippen molar-refractivity contribution in [2.75, 3.05) is 0 Å². The van der Waals surface area contributed by atoms with Gasteiger partial charge >= 0.3 is 0 Å². The molecule has 2 aliphatic rings.